The quantitative estimate of drug-likeness (QED) is 0.819. The minimum absolute atomic E-state index is 0.00175. The molecule has 1 aromatic heterocycles. The lowest BCUT2D eigenvalue weighted by Gasteiger charge is -2.32. The maximum absolute atomic E-state index is 12.3. The number of nitrogens with zero attached hydrogens (tertiary/aromatic N) is 3. The van der Waals surface area contributed by atoms with E-state index in [-0.39, 0.29) is 19.0 Å². The molecule has 1 aliphatic rings. The van der Waals surface area contributed by atoms with Gasteiger partial charge >= 0.3 is 0 Å². The van der Waals surface area contributed by atoms with Crippen LogP contribution in [0.15, 0.2) is 12.1 Å². The molecule has 0 unspecified atom stereocenters. The zero-order valence-corrected chi connectivity index (χ0v) is 15.3. The first-order valence-corrected chi connectivity index (χ1v) is 9.76. The molecule has 1 saturated heterocycles. The third-order valence-corrected chi connectivity index (χ3v) is 5.76. The van der Waals surface area contributed by atoms with Gasteiger partial charge in [-0.1, -0.05) is 0 Å². The van der Waals surface area contributed by atoms with Crippen LogP contribution in [0.4, 0.5) is 0 Å². The summed E-state index contributed by atoms with van der Waals surface area (Å²) in [7, 11) is -3.67. The molecule has 9 heteroatoms. The average molecular weight is 365 g/mol. The molecule has 25 heavy (non-hydrogen) atoms. The van der Waals surface area contributed by atoms with Gasteiger partial charge in [0.2, 0.25) is 5.91 Å². The van der Waals surface area contributed by atoms with Gasteiger partial charge in [-0.2, -0.15) is 12.7 Å². The number of carbonyl (C=O) groups excluding carboxylic acids is 1. The molecule has 0 aliphatic carbocycles. The molecule has 8 nitrogen and oxygen atoms in total. The highest BCUT2D eigenvalue weighted by atomic mass is 32.2. The van der Waals surface area contributed by atoms with Gasteiger partial charge in [0.15, 0.2) is 0 Å². The first-order chi connectivity index (χ1) is 11.7. The highest BCUT2D eigenvalue weighted by molar-refractivity contribution is 7.86. The molecule has 1 aromatic carbocycles. The largest absolute Gasteiger partial charge is 0.342 e. The molecule has 1 amide bonds. The third kappa shape index (κ3) is 4.00. The summed E-state index contributed by atoms with van der Waals surface area (Å²) in [5, 5.41) is 5.11. The zero-order valence-electron chi connectivity index (χ0n) is 14.4. The van der Waals surface area contributed by atoms with E-state index in [0.717, 1.165) is 16.9 Å². The Morgan fingerprint density at radius 3 is 2.48 bits per heavy atom. The number of nitrogens with one attached hydrogen (secondary N) is 1. The van der Waals surface area contributed by atoms with E-state index in [9.17, 15) is 13.2 Å². The summed E-state index contributed by atoms with van der Waals surface area (Å²) in [6, 6.07) is 4.11. The van der Waals surface area contributed by atoms with Crippen LogP contribution in [0.2, 0.25) is 0 Å². The van der Waals surface area contributed by atoms with E-state index in [2.05, 4.69) is 23.0 Å². The molecule has 0 bridgehead atoms. The second kappa shape index (κ2) is 6.74. The number of hydrogen-bond donors (Lipinski definition) is 2. The molecular formula is C16H23N5O3S. The number of aromatic amines is 1. The Kier molecular flexibility index (Phi) is 4.81. The molecule has 3 N–H and O–H groups in total. The fraction of sp³-hybridized carbons (Fsp3) is 0.500. The van der Waals surface area contributed by atoms with Crippen molar-refractivity contribution >= 4 is 27.1 Å². The predicted molar refractivity (Wildman–Crippen MR) is 95.1 cm³/mol. The van der Waals surface area contributed by atoms with Crippen LogP contribution in [0.3, 0.4) is 0 Å². The summed E-state index contributed by atoms with van der Waals surface area (Å²) in [6.07, 6.45) is 0.869. The molecule has 1 fully saturated rings. The van der Waals surface area contributed by atoms with E-state index in [4.69, 9.17) is 5.14 Å². The first-order valence-electron chi connectivity index (χ1n) is 8.25. The molecule has 0 atom stereocenters. The van der Waals surface area contributed by atoms with Crippen LogP contribution in [-0.2, 0) is 21.4 Å². The lowest BCUT2D eigenvalue weighted by atomic mass is 10.1. The SMILES string of the molecule is Cc1cc2nc(CCC(=O)N3CCN(S(N)(=O)=O)CC3)[nH]c2cc1C. The molecule has 0 saturated carbocycles. The molecule has 1 aliphatic heterocycles. The van der Waals surface area contributed by atoms with Crippen molar-refractivity contribution in [2.24, 2.45) is 5.14 Å². The number of hydrogen-bond acceptors (Lipinski definition) is 4. The number of nitrogens with two attached hydrogens (primary N) is 1. The molecule has 3 rings (SSSR count). The van der Waals surface area contributed by atoms with E-state index in [0.29, 0.717) is 25.9 Å². The Bertz CT molecular complexity index is 859. The number of rotatable bonds is 4. The van der Waals surface area contributed by atoms with Crippen molar-refractivity contribution < 1.29 is 13.2 Å². The van der Waals surface area contributed by atoms with Crippen molar-refractivity contribution in [1.82, 2.24) is 19.2 Å². The Hall–Kier alpha value is -1.97. The van der Waals surface area contributed by atoms with Gasteiger partial charge in [-0.05, 0) is 37.1 Å². The number of carbonyl (C=O) groups is 1. The van der Waals surface area contributed by atoms with Crippen LogP contribution in [0.1, 0.15) is 23.4 Å². The molecule has 2 aromatic rings. The van der Waals surface area contributed by atoms with E-state index in [1.54, 1.807) is 4.90 Å². The topological polar surface area (TPSA) is 112 Å². The Morgan fingerprint density at radius 1 is 1.20 bits per heavy atom. The van der Waals surface area contributed by atoms with Crippen LogP contribution in [0.25, 0.3) is 11.0 Å². The summed E-state index contributed by atoms with van der Waals surface area (Å²) >= 11 is 0. The second-order valence-corrected chi connectivity index (χ2v) is 8.01. The zero-order chi connectivity index (χ0) is 18.2. The van der Waals surface area contributed by atoms with Crippen molar-refractivity contribution in [2.75, 3.05) is 26.2 Å². The van der Waals surface area contributed by atoms with E-state index < -0.39 is 10.2 Å². The van der Waals surface area contributed by atoms with Gasteiger partial charge in [-0.25, -0.2) is 10.1 Å². The minimum Gasteiger partial charge on any atom is -0.342 e. The molecular weight excluding hydrogens is 342 g/mol. The number of piperazine rings is 1. The van der Waals surface area contributed by atoms with Crippen LogP contribution in [0.5, 0.6) is 0 Å². The normalized spacial score (nSPS) is 16.5. The number of aromatic nitrogens is 2. The molecule has 0 spiro atoms. The van der Waals surface area contributed by atoms with Crippen molar-refractivity contribution in [1.29, 1.82) is 0 Å². The smallest absolute Gasteiger partial charge is 0.277 e. The maximum atomic E-state index is 12.3. The van der Waals surface area contributed by atoms with Gasteiger partial charge in [0.25, 0.3) is 10.2 Å². The van der Waals surface area contributed by atoms with Gasteiger partial charge in [0.05, 0.1) is 11.0 Å². The number of benzene rings is 1. The summed E-state index contributed by atoms with van der Waals surface area (Å²) in [5.74, 6) is 0.790. The summed E-state index contributed by atoms with van der Waals surface area (Å²) in [6.45, 7) is 5.33. The maximum Gasteiger partial charge on any atom is 0.277 e. The highest BCUT2D eigenvalue weighted by Crippen LogP contribution is 2.18. The van der Waals surface area contributed by atoms with Gasteiger partial charge < -0.3 is 9.88 Å². The lowest BCUT2D eigenvalue weighted by molar-refractivity contribution is -0.132. The number of aryl methyl sites for hydroxylation is 3. The number of H-pyrrole nitrogens is 1. The average Bonchev–Trinajstić information content (AvgIpc) is 2.94. The lowest BCUT2D eigenvalue weighted by Crippen LogP contribution is -2.52. The second-order valence-electron chi connectivity index (χ2n) is 6.46. The molecule has 0 radical (unpaired) electrons. The van der Waals surface area contributed by atoms with Gasteiger partial charge in [-0.3, -0.25) is 4.79 Å². The highest BCUT2D eigenvalue weighted by Gasteiger charge is 2.26. The van der Waals surface area contributed by atoms with Crippen molar-refractivity contribution in [3.63, 3.8) is 0 Å². The van der Waals surface area contributed by atoms with Crippen LogP contribution >= 0.6 is 0 Å². The van der Waals surface area contributed by atoms with Gasteiger partial charge in [0.1, 0.15) is 5.82 Å². The Morgan fingerprint density at radius 2 is 1.84 bits per heavy atom. The van der Waals surface area contributed by atoms with Crippen molar-refractivity contribution in [3.05, 3.63) is 29.1 Å². The van der Waals surface area contributed by atoms with Crippen molar-refractivity contribution in [3.8, 4) is 0 Å². The number of imidazole rings is 1. The Balaban J connectivity index is 1.58. The van der Waals surface area contributed by atoms with Gasteiger partial charge in [-0.15, -0.1) is 0 Å². The third-order valence-electron chi connectivity index (χ3n) is 4.67. The van der Waals surface area contributed by atoms with Crippen LogP contribution in [-0.4, -0.2) is 59.7 Å². The van der Waals surface area contributed by atoms with E-state index >= 15 is 0 Å². The fourth-order valence-corrected chi connectivity index (χ4v) is 3.69. The van der Waals surface area contributed by atoms with E-state index in [1.807, 2.05) is 13.0 Å². The summed E-state index contributed by atoms with van der Waals surface area (Å²) < 4.78 is 23.8. The number of amides is 1. The molecule has 2 heterocycles. The minimum atomic E-state index is -3.67. The standard InChI is InChI=1S/C16H23N5O3S/c1-11-9-13-14(10-12(11)2)19-15(18-13)3-4-16(22)20-5-7-21(8-6-20)25(17,23)24/h9-10H,3-8H2,1-2H3,(H,18,19)(H2,17,23,24). The van der Waals surface area contributed by atoms with Gasteiger partial charge in [0, 0.05) is 39.0 Å². The predicted octanol–water partition coefficient (Wildman–Crippen LogP) is 0.460. The first kappa shape index (κ1) is 17.8. The number of fused-ring (bicyclic) bond motifs is 1. The van der Waals surface area contributed by atoms with E-state index in [1.165, 1.54) is 15.4 Å². The van der Waals surface area contributed by atoms with Crippen molar-refractivity contribution in [2.45, 2.75) is 26.7 Å². The fourth-order valence-electron chi connectivity index (χ4n) is 3.02. The Labute approximate surface area is 147 Å². The summed E-state index contributed by atoms with van der Waals surface area (Å²) in [5.41, 5.74) is 4.28. The van der Waals surface area contributed by atoms with Crippen LogP contribution < -0.4 is 5.14 Å². The molecule has 136 valence electrons. The summed E-state index contributed by atoms with van der Waals surface area (Å²) in [4.78, 5) is 21.8. The van der Waals surface area contributed by atoms with Crippen LogP contribution in [0, 0.1) is 13.8 Å². The monoisotopic (exact) mass is 365 g/mol.